The molecule has 5 heteroatoms. The highest BCUT2D eigenvalue weighted by molar-refractivity contribution is 7.15. The molecule has 2 rings (SSSR count). The molecule has 1 aromatic heterocycles. The molecule has 0 saturated heterocycles. The fourth-order valence-corrected chi connectivity index (χ4v) is 3.17. The summed E-state index contributed by atoms with van der Waals surface area (Å²) in [5.74, 6) is 0.521. The van der Waals surface area contributed by atoms with Crippen molar-refractivity contribution in [2.45, 2.75) is 51.5 Å². The molecule has 4 nitrogen and oxygen atoms in total. The largest absolute Gasteiger partial charge is 0.320 e. The van der Waals surface area contributed by atoms with Gasteiger partial charge in [-0.25, -0.2) is 4.98 Å². The van der Waals surface area contributed by atoms with E-state index in [1.54, 1.807) is 6.20 Å². The van der Waals surface area contributed by atoms with E-state index in [1.165, 1.54) is 43.4 Å². The van der Waals surface area contributed by atoms with Crippen molar-refractivity contribution in [3.63, 3.8) is 0 Å². The first-order valence-corrected chi connectivity index (χ1v) is 7.45. The Morgan fingerprint density at radius 3 is 2.89 bits per heavy atom. The minimum absolute atomic E-state index is 0.102. The zero-order chi connectivity index (χ0) is 13.0. The van der Waals surface area contributed by atoms with Crippen molar-refractivity contribution in [3.05, 3.63) is 11.1 Å². The molecule has 1 heterocycles. The first kappa shape index (κ1) is 13.5. The second kappa shape index (κ2) is 6.29. The number of carbonyl (C=O) groups is 1. The van der Waals surface area contributed by atoms with Gasteiger partial charge in [0.15, 0.2) is 5.13 Å². The van der Waals surface area contributed by atoms with Crippen molar-refractivity contribution < 1.29 is 4.79 Å². The highest BCUT2D eigenvalue weighted by Gasteiger charge is 2.21. The van der Waals surface area contributed by atoms with Crippen LogP contribution in [-0.4, -0.2) is 16.9 Å². The molecule has 0 spiro atoms. The Morgan fingerprint density at radius 1 is 1.56 bits per heavy atom. The number of rotatable bonds is 4. The van der Waals surface area contributed by atoms with E-state index in [1.807, 2.05) is 6.92 Å². The third-order valence-corrected chi connectivity index (χ3v) is 4.33. The molecule has 3 N–H and O–H groups in total. The maximum atomic E-state index is 11.9. The first-order valence-electron chi connectivity index (χ1n) is 6.64. The predicted molar refractivity (Wildman–Crippen MR) is 74.6 cm³/mol. The third-order valence-electron chi connectivity index (χ3n) is 3.50. The Bertz CT molecular complexity index is 399. The van der Waals surface area contributed by atoms with Crippen molar-refractivity contribution in [3.8, 4) is 0 Å². The fourth-order valence-electron chi connectivity index (χ4n) is 2.50. The highest BCUT2D eigenvalue weighted by Crippen LogP contribution is 2.27. The van der Waals surface area contributed by atoms with Crippen LogP contribution in [0.4, 0.5) is 5.13 Å². The Balaban J connectivity index is 1.80. The minimum Gasteiger partial charge on any atom is -0.320 e. The third kappa shape index (κ3) is 3.78. The summed E-state index contributed by atoms with van der Waals surface area (Å²) < 4.78 is 0. The molecule has 1 aliphatic rings. The van der Waals surface area contributed by atoms with Gasteiger partial charge in [-0.3, -0.25) is 4.79 Å². The van der Waals surface area contributed by atoms with Gasteiger partial charge in [0, 0.05) is 11.1 Å². The van der Waals surface area contributed by atoms with Gasteiger partial charge in [-0.05, 0) is 19.3 Å². The van der Waals surface area contributed by atoms with Gasteiger partial charge in [-0.15, -0.1) is 11.3 Å². The van der Waals surface area contributed by atoms with Crippen LogP contribution in [0.15, 0.2) is 6.20 Å². The maximum Gasteiger partial charge on any atom is 0.243 e. The number of thiazole rings is 1. The second-order valence-electron chi connectivity index (χ2n) is 5.11. The summed E-state index contributed by atoms with van der Waals surface area (Å²) in [5, 5.41) is 3.45. The van der Waals surface area contributed by atoms with Crippen LogP contribution in [0, 0.1) is 12.8 Å². The monoisotopic (exact) mass is 267 g/mol. The molecule has 1 fully saturated rings. The lowest BCUT2D eigenvalue weighted by Gasteiger charge is -2.23. The van der Waals surface area contributed by atoms with Crippen molar-refractivity contribution >= 4 is 22.4 Å². The van der Waals surface area contributed by atoms with E-state index in [0.717, 1.165) is 11.3 Å². The molecule has 1 atom stereocenters. The van der Waals surface area contributed by atoms with Gasteiger partial charge in [0.1, 0.15) is 0 Å². The maximum absolute atomic E-state index is 11.9. The molecule has 0 bridgehead atoms. The van der Waals surface area contributed by atoms with Crippen molar-refractivity contribution in [2.75, 3.05) is 5.32 Å². The molecule has 100 valence electrons. The Hall–Kier alpha value is -0.940. The van der Waals surface area contributed by atoms with Gasteiger partial charge in [-0.1, -0.05) is 32.1 Å². The van der Waals surface area contributed by atoms with Crippen LogP contribution in [0.3, 0.4) is 0 Å². The summed E-state index contributed by atoms with van der Waals surface area (Å²) in [6.45, 7) is 1.97. The number of anilines is 1. The number of hydrogen-bond acceptors (Lipinski definition) is 4. The summed E-state index contributed by atoms with van der Waals surface area (Å²) in [6, 6.07) is -0.405. The number of nitrogens with two attached hydrogens (primary N) is 1. The lowest BCUT2D eigenvalue weighted by molar-refractivity contribution is -0.117. The molecule has 1 saturated carbocycles. The van der Waals surface area contributed by atoms with E-state index < -0.39 is 6.04 Å². The summed E-state index contributed by atoms with van der Waals surface area (Å²) in [7, 11) is 0. The summed E-state index contributed by atoms with van der Waals surface area (Å²) >= 11 is 1.48. The molecule has 1 amide bonds. The van der Waals surface area contributed by atoms with Crippen LogP contribution in [0.5, 0.6) is 0 Å². The summed E-state index contributed by atoms with van der Waals surface area (Å²) in [6.07, 6.45) is 8.89. The van der Waals surface area contributed by atoms with Crippen molar-refractivity contribution in [2.24, 2.45) is 11.7 Å². The Labute approximate surface area is 112 Å². The van der Waals surface area contributed by atoms with Gasteiger partial charge in [-0.2, -0.15) is 0 Å². The Morgan fingerprint density at radius 2 is 2.28 bits per heavy atom. The molecule has 1 aliphatic carbocycles. The van der Waals surface area contributed by atoms with Gasteiger partial charge in [0.05, 0.1) is 6.04 Å². The number of aryl methyl sites for hydroxylation is 1. The zero-order valence-corrected chi connectivity index (χ0v) is 11.6. The topological polar surface area (TPSA) is 68.0 Å². The number of hydrogen-bond donors (Lipinski definition) is 2. The van der Waals surface area contributed by atoms with E-state index in [9.17, 15) is 4.79 Å². The van der Waals surface area contributed by atoms with Crippen LogP contribution < -0.4 is 11.1 Å². The van der Waals surface area contributed by atoms with Crippen LogP contribution in [0.25, 0.3) is 0 Å². The lowest BCUT2D eigenvalue weighted by atomic mass is 9.85. The summed E-state index contributed by atoms with van der Waals surface area (Å²) in [5.41, 5.74) is 5.97. The van der Waals surface area contributed by atoms with Gasteiger partial charge >= 0.3 is 0 Å². The van der Waals surface area contributed by atoms with Gasteiger partial charge in [0.2, 0.25) is 5.91 Å². The quantitative estimate of drug-likeness (QED) is 0.881. The Kier molecular flexibility index (Phi) is 4.72. The van der Waals surface area contributed by atoms with Crippen molar-refractivity contribution in [1.29, 1.82) is 0 Å². The normalized spacial score (nSPS) is 18.6. The number of nitrogens with zero attached hydrogens (tertiary/aromatic N) is 1. The fraction of sp³-hybridized carbons (Fsp3) is 0.692. The van der Waals surface area contributed by atoms with Gasteiger partial charge in [0.25, 0.3) is 0 Å². The molecule has 0 aromatic carbocycles. The van der Waals surface area contributed by atoms with Crippen molar-refractivity contribution in [1.82, 2.24) is 4.98 Å². The van der Waals surface area contributed by atoms with E-state index in [4.69, 9.17) is 5.73 Å². The number of nitrogens with one attached hydrogen (secondary N) is 1. The number of aromatic nitrogens is 1. The van der Waals surface area contributed by atoms with E-state index in [-0.39, 0.29) is 5.91 Å². The average molecular weight is 267 g/mol. The molecule has 1 unspecified atom stereocenters. The zero-order valence-electron chi connectivity index (χ0n) is 10.8. The SMILES string of the molecule is Cc1cnc(NC(=O)C(N)CC2CCCCC2)s1. The average Bonchev–Trinajstić information content (AvgIpc) is 2.76. The smallest absolute Gasteiger partial charge is 0.243 e. The predicted octanol–water partition coefficient (Wildman–Crippen LogP) is 2.69. The van der Waals surface area contributed by atoms with E-state index in [2.05, 4.69) is 10.3 Å². The molecule has 18 heavy (non-hydrogen) atoms. The molecular weight excluding hydrogens is 246 g/mol. The number of carbonyl (C=O) groups excluding carboxylic acids is 1. The first-order chi connectivity index (χ1) is 8.65. The highest BCUT2D eigenvalue weighted by atomic mass is 32.1. The van der Waals surface area contributed by atoms with E-state index in [0.29, 0.717) is 11.0 Å². The molecule has 1 aromatic rings. The minimum atomic E-state index is -0.405. The van der Waals surface area contributed by atoms with Crippen LogP contribution >= 0.6 is 11.3 Å². The standard InChI is InChI=1S/C13H21N3OS/c1-9-8-15-13(18-9)16-12(17)11(14)7-10-5-3-2-4-6-10/h8,10-11H,2-7,14H2,1H3,(H,15,16,17). The number of amides is 1. The second-order valence-corrected chi connectivity index (χ2v) is 6.35. The molecule has 0 aliphatic heterocycles. The van der Waals surface area contributed by atoms with Crippen LogP contribution in [0.2, 0.25) is 0 Å². The molecule has 0 radical (unpaired) electrons. The van der Waals surface area contributed by atoms with Crippen LogP contribution in [-0.2, 0) is 4.79 Å². The summed E-state index contributed by atoms with van der Waals surface area (Å²) in [4.78, 5) is 17.1. The lowest BCUT2D eigenvalue weighted by Crippen LogP contribution is -2.37. The molecular formula is C13H21N3OS. The van der Waals surface area contributed by atoms with E-state index >= 15 is 0 Å². The van der Waals surface area contributed by atoms with Gasteiger partial charge < -0.3 is 11.1 Å². The van der Waals surface area contributed by atoms with Crippen LogP contribution in [0.1, 0.15) is 43.4 Å².